The van der Waals surface area contributed by atoms with Gasteiger partial charge in [-0.1, -0.05) is 34.1 Å². The van der Waals surface area contributed by atoms with Crippen molar-refractivity contribution < 1.29 is 9.59 Å². The number of nitrogens with one attached hydrogen (secondary N) is 1. The second-order valence-corrected chi connectivity index (χ2v) is 6.09. The monoisotopic (exact) mass is 321 g/mol. The van der Waals surface area contributed by atoms with Gasteiger partial charge < -0.3 is 5.32 Å². The van der Waals surface area contributed by atoms with Crippen LogP contribution in [0.25, 0.3) is 0 Å². The Morgan fingerprint density at radius 2 is 1.74 bits per heavy atom. The lowest BCUT2D eigenvalue weighted by Crippen LogP contribution is -2.48. The fraction of sp³-hybridized carbons (Fsp3) is 0.611. The summed E-state index contributed by atoms with van der Waals surface area (Å²) >= 11 is 0. The highest BCUT2D eigenvalue weighted by Gasteiger charge is 2.26. The number of aromatic nitrogens is 1. The van der Waals surface area contributed by atoms with E-state index in [1.54, 1.807) is 12.4 Å². The van der Waals surface area contributed by atoms with E-state index in [-0.39, 0.29) is 30.2 Å². The predicted octanol–water partition coefficient (Wildman–Crippen LogP) is 2.66. The number of nitrogens with zero attached hydrogens (tertiary/aromatic N) is 2. The molecule has 0 aliphatic carbocycles. The molecule has 0 saturated heterocycles. The van der Waals surface area contributed by atoms with Crippen LogP contribution < -0.4 is 5.32 Å². The van der Waals surface area contributed by atoms with Crippen LogP contribution in [0.1, 0.15) is 46.6 Å². The smallest absolute Gasteiger partial charge is 0.237 e. The largest absolute Gasteiger partial charge is 0.348 e. The first-order valence-electron chi connectivity index (χ1n) is 8.19. The van der Waals surface area contributed by atoms with E-state index in [0.717, 1.165) is 5.56 Å². The van der Waals surface area contributed by atoms with Crippen molar-refractivity contribution in [3.8, 4) is 0 Å². The Kier molecular flexibility index (Phi) is 10.9. The van der Waals surface area contributed by atoms with Gasteiger partial charge in [-0.3, -0.25) is 19.5 Å². The first-order valence-corrected chi connectivity index (χ1v) is 8.19. The second kappa shape index (κ2) is 11.8. The van der Waals surface area contributed by atoms with Gasteiger partial charge in [-0.25, -0.2) is 0 Å². The maximum atomic E-state index is 12.2. The van der Waals surface area contributed by atoms with Crippen LogP contribution in [0.3, 0.4) is 0 Å². The average Bonchev–Trinajstić information content (AvgIpc) is 2.46. The summed E-state index contributed by atoms with van der Waals surface area (Å²) in [6, 6.07) is 3.60. The molecule has 0 radical (unpaired) electrons. The van der Waals surface area contributed by atoms with Gasteiger partial charge in [0.15, 0.2) is 0 Å². The highest BCUT2D eigenvalue weighted by Crippen LogP contribution is 2.13. The molecule has 1 N–H and O–H groups in total. The highest BCUT2D eigenvalue weighted by atomic mass is 16.2. The van der Waals surface area contributed by atoms with Gasteiger partial charge in [-0.2, -0.15) is 0 Å². The third kappa shape index (κ3) is 9.08. The fourth-order valence-corrected chi connectivity index (χ4v) is 2.20. The zero-order valence-corrected chi connectivity index (χ0v) is 15.3. The number of likely N-dealkylation sites (N-methyl/N-ethyl adjacent to an activating group) is 1. The Balaban J connectivity index is 0.00000149. The molecule has 0 saturated carbocycles. The molecule has 1 aromatic rings. The molecule has 1 heterocycles. The first-order chi connectivity index (χ1) is 10.8. The molecule has 0 fully saturated rings. The number of hydrogen-bond donors (Lipinski definition) is 1. The van der Waals surface area contributed by atoms with Crippen molar-refractivity contribution in [2.75, 3.05) is 13.6 Å². The molecule has 0 aromatic carbocycles. The molecule has 0 aliphatic heterocycles. The van der Waals surface area contributed by atoms with Crippen molar-refractivity contribution in [1.29, 1.82) is 0 Å². The predicted molar refractivity (Wildman–Crippen MR) is 94.0 cm³/mol. The average molecular weight is 321 g/mol. The van der Waals surface area contributed by atoms with E-state index in [2.05, 4.69) is 24.1 Å². The lowest BCUT2D eigenvalue weighted by atomic mass is 10.0. The van der Waals surface area contributed by atoms with Crippen molar-refractivity contribution in [3.05, 3.63) is 30.1 Å². The first kappa shape index (κ1) is 21.2. The highest BCUT2D eigenvalue weighted by molar-refractivity contribution is 5.87. The molecule has 0 aliphatic rings. The Morgan fingerprint density at radius 1 is 1.22 bits per heavy atom. The Morgan fingerprint density at radius 3 is 2.17 bits per heavy atom. The zero-order chi connectivity index (χ0) is 17.8. The molecule has 0 spiro atoms. The SMILES string of the molecule is CC(=O)CNC(=O)C(C(C)C)N(C)Cc1ccncc1.CCC. The minimum Gasteiger partial charge on any atom is -0.348 e. The van der Waals surface area contributed by atoms with Gasteiger partial charge in [0.2, 0.25) is 5.91 Å². The Labute approximate surface area is 140 Å². The quantitative estimate of drug-likeness (QED) is 0.838. The fourth-order valence-electron chi connectivity index (χ4n) is 2.20. The molecule has 0 bridgehead atoms. The molecule has 130 valence electrons. The molecule has 1 unspecified atom stereocenters. The van der Waals surface area contributed by atoms with E-state index < -0.39 is 0 Å². The van der Waals surface area contributed by atoms with Gasteiger partial charge in [0.1, 0.15) is 5.78 Å². The summed E-state index contributed by atoms with van der Waals surface area (Å²) in [4.78, 5) is 29.1. The summed E-state index contributed by atoms with van der Waals surface area (Å²) < 4.78 is 0. The third-order valence-corrected chi connectivity index (χ3v) is 3.07. The molecule has 5 heteroatoms. The number of carbonyl (C=O) groups excluding carboxylic acids is 2. The summed E-state index contributed by atoms with van der Waals surface area (Å²) in [5, 5.41) is 2.69. The zero-order valence-electron chi connectivity index (χ0n) is 15.3. The number of pyridine rings is 1. The normalized spacial score (nSPS) is 11.7. The van der Waals surface area contributed by atoms with Gasteiger partial charge >= 0.3 is 0 Å². The van der Waals surface area contributed by atoms with Crippen molar-refractivity contribution in [1.82, 2.24) is 15.2 Å². The Hall–Kier alpha value is -1.75. The number of Topliss-reactive ketones (excluding diaryl/α,β-unsaturated/α-hetero) is 1. The molecule has 1 atom stereocenters. The van der Waals surface area contributed by atoms with Crippen LogP contribution in [0.15, 0.2) is 24.5 Å². The summed E-state index contributed by atoms with van der Waals surface area (Å²) in [5.74, 6) is 0.0122. The molecule has 1 aromatic heterocycles. The van der Waals surface area contributed by atoms with Crippen LogP contribution in [0.2, 0.25) is 0 Å². The topological polar surface area (TPSA) is 62.3 Å². The third-order valence-electron chi connectivity index (χ3n) is 3.07. The van der Waals surface area contributed by atoms with E-state index in [1.807, 2.05) is 37.9 Å². The lowest BCUT2D eigenvalue weighted by Gasteiger charge is -2.30. The van der Waals surface area contributed by atoms with Crippen molar-refractivity contribution in [2.24, 2.45) is 5.92 Å². The standard InChI is InChI=1S/C15H23N3O2.C3H8/c1-11(2)14(15(20)17-9-12(3)19)18(4)10-13-5-7-16-8-6-13;1-3-2/h5-8,11,14H,9-10H2,1-4H3,(H,17,20);3H2,1-2H3. The summed E-state index contributed by atoms with van der Waals surface area (Å²) in [6.45, 7) is 10.5. The van der Waals surface area contributed by atoms with Gasteiger partial charge in [0.05, 0.1) is 12.6 Å². The minimum absolute atomic E-state index is 0.0438. The number of ketones is 1. The van der Waals surface area contributed by atoms with Gasteiger partial charge in [0.25, 0.3) is 0 Å². The number of amides is 1. The van der Waals surface area contributed by atoms with Gasteiger partial charge in [-0.05, 0) is 37.6 Å². The molecular formula is C18H31N3O2. The van der Waals surface area contributed by atoms with E-state index in [0.29, 0.717) is 6.54 Å². The molecular weight excluding hydrogens is 290 g/mol. The lowest BCUT2D eigenvalue weighted by molar-refractivity contribution is -0.129. The minimum atomic E-state index is -0.262. The maximum absolute atomic E-state index is 12.2. The molecule has 1 amide bonds. The molecule has 5 nitrogen and oxygen atoms in total. The summed E-state index contributed by atoms with van der Waals surface area (Å²) in [5.41, 5.74) is 1.10. The van der Waals surface area contributed by atoms with Crippen molar-refractivity contribution in [3.63, 3.8) is 0 Å². The van der Waals surface area contributed by atoms with E-state index in [1.165, 1.54) is 13.3 Å². The van der Waals surface area contributed by atoms with Crippen LogP contribution >= 0.6 is 0 Å². The van der Waals surface area contributed by atoms with E-state index >= 15 is 0 Å². The van der Waals surface area contributed by atoms with Gasteiger partial charge in [0, 0.05) is 18.9 Å². The van der Waals surface area contributed by atoms with Crippen LogP contribution in [-0.4, -0.2) is 41.2 Å². The summed E-state index contributed by atoms with van der Waals surface area (Å²) in [6.07, 6.45) is 4.73. The molecule has 1 rings (SSSR count). The molecule has 23 heavy (non-hydrogen) atoms. The van der Waals surface area contributed by atoms with Crippen molar-refractivity contribution in [2.45, 2.75) is 53.6 Å². The van der Waals surface area contributed by atoms with Crippen LogP contribution in [-0.2, 0) is 16.1 Å². The van der Waals surface area contributed by atoms with Crippen LogP contribution in [0, 0.1) is 5.92 Å². The second-order valence-electron chi connectivity index (χ2n) is 6.09. The number of rotatable bonds is 7. The number of carbonyl (C=O) groups is 2. The Bertz CT molecular complexity index is 461. The number of hydrogen-bond acceptors (Lipinski definition) is 4. The van der Waals surface area contributed by atoms with Crippen molar-refractivity contribution >= 4 is 11.7 Å². The maximum Gasteiger partial charge on any atom is 0.237 e. The van der Waals surface area contributed by atoms with E-state index in [9.17, 15) is 9.59 Å². The van der Waals surface area contributed by atoms with Crippen LogP contribution in [0.5, 0.6) is 0 Å². The van der Waals surface area contributed by atoms with Gasteiger partial charge in [-0.15, -0.1) is 0 Å². The van der Waals surface area contributed by atoms with E-state index in [4.69, 9.17) is 0 Å². The summed E-state index contributed by atoms with van der Waals surface area (Å²) in [7, 11) is 1.92. The van der Waals surface area contributed by atoms with Crippen LogP contribution in [0.4, 0.5) is 0 Å².